The van der Waals surface area contributed by atoms with Gasteiger partial charge in [0.1, 0.15) is 12.6 Å². The molecule has 3 fully saturated rings. The molecule has 5 nitrogen and oxygen atoms in total. The highest BCUT2D eigenvalue weighted by Crippen LogP contribution is 2.76. The van der Waals surface area contributed by atoms with E-state index in [1.54, 1.807) is 0 Å². The molecule has 2 bridgehead atoms. The zero-order valence-electron chi connectivity index (χ0n) is 14.2. The van der Waals surface area contributed by atoms with Crippen molar-refractivity contribution in [1.29, 1.82) is 0 Å². The van der Waals surface area contributed by atoms with Crippen LogP contribution in [0.25, 0.3) is 0 Å². The van der Waals surface area contributed by atoms with E-state index in [1.807, 2.05) is 30.3 Å². The predicted octanol–water partition coefficient (Wildman–Crippen LogP) is 3.68. The number of nitrogens with one attached hydrogen (secondary N) is 1. The highest BCUT2D eigenvalue weighted by Gasteiger charge is 2.71. The van der Waals surface area contributed by atoms with Crippen molar-refractivity contribution in [3.8, 4) is 0 Å². The van der Waals surface area contributed by atoms with E-state index >= 15 is 0 Å². The van der Waals surface area contributed by atoms with Gasteiger partial charge in [-0.15, -0.1) is 0 Å². The molecule has 0 radical (unpaired) electrons. The Morgan fingerprint density at radius 3 is 2.48 bits per heavy atom. The van der Waals surface area contributed by atoms with Gasteiger partial charge in [0.05, 0.1) is 6.67 Å². The Bertz CT molecular complexity index is 614. The molecule has 0 spiro atoms. The number of carbonyl (C=O) groups is 2. The molecule has 3 aliphatic carbocycles. The van der Waals surface area contributed by atoms with Crippen LogP contribution in [0.2, 0.25) is 0 Å². The number of unbranched alkanes of at least 4 members (excludes halogenated alkanes) is 1. The fraction of sp³-hybridized carbons (Fsp3) is 0.579. The number of ether oxygens (including phenoxy) is 1. The molecule has 0 saturated heterocycles. The first kappa shape index (κ1) is 17.7. The van der Waals surface area contributed by atoms with Gasteiger partial charge < -0.3 is 15.2 Å². The van der Waals surface area contributed by atoms with E-state index in [4.69, 9.17) is 4.74 Å². The second-order valence-corrected chi connectivity index (χ2v) is 7.52. The average Bonchev–Trinajstić information content (AvgIpc) is 2.53. The van der Waals surface area contributed by atoms with E-state index in [9.17, 15) is 19.1 Å². The Balaban J connectivity index is 1.48. The molecule has 1 aromatic rings. The van der Waals surface area contributed by atoms with Crippen LogP contribution in [0.3, 0.4) is 0 Å². The predicted molar refractivity (Wildman–Crippen MR) is 89.7 cm³/mol. The summed E-state index contributed by atoms with van der Waals surface area (Å²) in [5.74, 6) is -1.02. The second kappa shape index (κ2) is 7.02. The summed E-state index contributed by atoms with van der Waals surface area (Å²) in [5, 5.41) is 12.0. The monoisotopic (exact) mass is 349 g/mol. The van der Waals surface area contributed by atoms with Crippen LogP contribution >= 0.6 is 0 Å². The zero-order chi connectivity index (χ0) is 17.9. The van der Waals surface area contributed by atoms with Gasteiger partial charge in [-0.05, 0) is 43.1 Å². The van der Waals surface area contributed by atoms with Gasteiger partial charge in [0.15, 0.2) is 0 Å². The van der Waals surface area contributed by atoms with Gasteiger partial charge in [-0.2, -0.15) is 0 Å². The molecule has 3 saturated carbocycles. The highest BCUT2D eigenvalue weighted by molar-refractivity contribution is 5.81. The van der Waals surface area contributed by atoms with Crippen molar-refractivity contribution in [1.82, 2.24) is 5.32 Å². The summed E-state index contributed by atoms with van der Waals surface area (Å²) in [6, 6.07) is 8.32. The van der Waals surface area contributed by atoms with E-state index in [2.05, 4.69) is 5.32 Å². The highest BCUT2D eigenvalue weighted by atomic mass is 19.1. The lowest BCUT2D eigenvalue weighted by Gasteiger charge is -2.72. The number of alkyl carbamates (subject to hydrolysis) is 1. The van der Waals surface area contributed by atoms with Crippen molar-refractivity contribution in [3.05, 3.63) is 35.9 Å². The number of amides is 1. The maximum atomic E-state index is 12.2. The fourth-order valence-electron chi connectivity index (χ4n) is 4.61. The van der Waals surface area contributed by atoms with Crippen molar-refractivity contribution >= 4 is 12.1 Å². The Morgan fingerprint density at radius 1 is 1.20 bits per heavy atom. The summed E-state index contributed by atoms with van der Waals surface area (Å²) < 4.78 is 17.4. The molecule has 0 aliphatic heterocycles. The van der Waals surface area contributed by atoms with Crippen molar-refractivity contribution in [2.24, 2.45) is 10.8 Å². The quantitative estimate of drug-likeness (QED) is 0.667. The summed E-state index contributed by atoms with van der Waals surface area (Å²) in [6.45, 7) is -0.188. The van der Waals surface area contributed by atoms with Crippen molar-refractivity contribution in [3.63, 3.8) is 0 Å². The first-order chi connectivity index (χ1) is 12.0. The molecular weight excluding hydrogens is 325 g/mol. The number of aliphatic carboxylic acids is 1. The van der Waals surface area contributed by atoms with Crippen molar-refractivity contribution in [2.75, 3.05) is 6.67 Å². The van der Waals surface area contributed by atoms with Crippen molar-refractivity contribution < 1.29 is 23.8 Å². The first-order valence-electron chi connectivity index (χ1n) is 8.75. The van der Waals surface area contributed by atoms with E-state index in [-0.39, 0.29) is 24.1 Å². The smallest absolute Gasteiger partial charge is 0.408 e. The van der Waals surface area contributed by atoms with Gasteiger partial charge in [0, 0.05) is 5.41 Å². The first-order valence-corrected chi connectivity index (χ1v) is 8.75. The van der Waals surface area contributed by atoms with Crippen LogP contribution in [0.5, 0.6) is 0 Å². The number of alkyl halides is 1. The summed E-state index contributed by atoms with van der Waals surface area (Å²) >= 11 is 0. The third-order valence-corrected chi connectivity index (χ3v) is 5.61. The molecule has 136 valence electrons. The Morgan fingerprint density at radius 2 is 1.88 bits per heavy atom. The molecule has 4 rings (SSSR count). The summed E-state index contributed by atoms with van der Waals surface area (Å²) in [7, 11) is 0. The van der Waals surface area contributed by atoms with Crippen LogP contribution in [0, 0.1) is 10.8 Å². The Hall–Kier alpha value is -2.11. The van der Waals surface area contributed by atoms with Crippen LogP contribution in [-0.2, 0) is 16.1 Å². The Kier molecular flexibility index (Phi) is 4.97. The molecule has 1 amide bonds. The lowest BCUT2D eigenvalue weighted by molar-refractivity contribution is -0.228. The minimum absolute atomic E-state index is 0.110. The van der Waals surface area contributed by atoms with Gasteiger partial charge in [0.25, 0.3) is 0 Å². The second-order valence-electron chi connectivity index (χ2n) is 7.52. The molecule has 6 heteroatoms. The molecule has 3 aliphatic rings. The van der Waals surface area contributed by atoms with Gasteiger partial charge in [-0.25, -0.2) is 9.59 Å². The number of hydrogen-bond donors (Lipinski definition) is 2. The Labute approximate surface area is 146 Å². The lowest BCUT2D eigenvalue weighted by Crippen LogP contribution is -2.71. The lowest BCUT2D eigenvalue weighted by atomic mass is 9.32. The molecule has 25 heavy (non-hydrogen) atoms. The van der Waals surface area contributed by atoms with Gasteiger partial charge in [-0.3, -0.25) is 4.39 Å². The number of carboxylic acid groups (broad SMARTS) is 1. The van der Waals surface area contributed by atoms with Crippen LogP contribution < -0.4 is 5.32 Å². The number of rotatable bonds is 9. The maximum Gasteiger partial charge on any atom is 0.408 e. The van der Waals surface area contributed by atoms with E-state index in [0.717, 1.165) is 37.7 Å². The minimum Gasteiger partial charge on any atom is -0.480 e. The minimum atomic E-state index is -1.02. The number of hydrogen-bond acceptors (Lipinski definition) is 3. The third kappa shape index (κ3) is 3.62. The molecule has 0 aromatic heterocycles. The standard InChI is InChI=1S/C19H24FNO4/c20-9-5-4-8-18-11-19(12-18,13-18)15(16(22)23)21-17(24)25-10-14-6-2-1-3-7-14/h1-3,6-7,15H,4-5,8-13H2,(H,21,24)(H,22,23). The van der Waals surface area contributed by atoms with Crippen LogP contribution in [0.15, 0.2) is 30.3 Å². The molecular formula is C19H24FNO4. The number of benzene rings is 1. The maximum absolute atomic E-state index is 12.2. The summed E-state index contributed by atoms with van der Waals surface area (Å²) in [5.41, 5.74) is 0.674. The van der Waals surface area contributed by atoms with Crippen molar-refractivity contribution in [2.45, 2.75) is 51.2 Å². The summed E-state index contributed by atoms with van der Waals surface area (Å²) in [6.07, 6.45) is 4.04. The molecule has 1 aromatic carbocycles. The van der Waals surface area contributed by atoms with Crippen LogP contribution in [0.1, 0.15) is 44.1 Å². The number of carboxylic acids is 1. The SMILES string of the molecule is O=C(NC(C(=O)O)C12CC(CCCCF)(C1)C2)OCc1ccccc1. The van der Waals surface area contributed by atoms with Crippen LogP contribution in [-0.4, -0.2) is 29.9 Å². The number of halogens is 1. The molecule has 2 N–H and O–H groups in total. The molecule has 0 heterocycles. The van der Waals surface area contributed by atoms with Crippen LogP contribution in [0.4, 0.5) is 9.18 Å². The van der Waals surface area contributed by atoms with E-state index in [0.29, 0.717) is 6.42 Å². The third-order valence-electron chi connectivity index (χ3n) is 5.61. The van der Waals surface area contributed by atoms with Gasteiger partial charge in [-0.1, -0.05) is 36.8 Å². The molecule has 1 unspecified atom stereocenters. The fourth-order valence-corrected chi connectivity index (χ4v) is 4.61. The topological polar surface area (TPSA) is 75.6 Å². The van der Waals surface area contributed by atoms with Gasteiger partial charge >= 0.3 is 12.1 Å². The largest absolute Gasteiger partial charge is 0.480 e. The van der Waals surface area contributed by atoms with E-state index in [1.165, 1.54) is 0 Å². The number of carbonyl (C=O) groups excluding carboxylic acids is 1. The molecule has 1 atom stereocenters. The normalized spacial score (nSPS) is 27.6. The summed E-state index contributed by atoms with van der Waals surface area (Å²) in [4.78, 5) is 23.6. The van der Waals surface area contributed by atoms with Gasteiger partial charge in [0.2, 0.25) is 0 Å². The average molecular weight is 349 g/mol. The van der Waals surface area contributed by atoms with E-state index < -0.39 is 18.1 Å². The zero-order valence-corrected chi connectivity index (χ0v) is 14.2.